The highest BCUT2D eigenvalue weighted by Gasteiger charge is 2.19. The first-order valence-electron chi connectivity index (χ1n) is 7.04. The van der Waals surface area contributed by atoms with Crippen LogP contribution in [0.15, 0.2) is 30.3 Å². The minimum absolute atomic E-state index is 0.108. The van der Waals surface area contributed by atoms with Gasteiger partial charge in [0, 0.05) is 0 Å². The second kappa shape index (κ2) is 7.20. The molecule has 0 bridgehead atoms. The summed E-state index contributed by atoms with van der Waals surface area (Å²) in [6.07, 6.45) is 8.13. The van der Waals surface area contributed by atoms with E-state index < -0.39 is 0 Å². The van der Waals surface area contributed by atoms with E-state index in [2.05, 4.69) is 0 Å². The second-order valence-electron chi connectivity index (χ2n) is 5.18. The van der Waals surface area contributed by atoms with Gasteiger partial charge in [-0.25, -0.2) is 0 Å². The predicted octanol–water partition coefficient (Wildman–Crippen LogP) is 3.74. The molecule has 1 saturated carbocycles. The average molecular weight is 246 g/mol. The third-order valence-electron chi connectivity index (χ3n) is 3.41. The lowest BCUT2D eigenvalue weighted by Gasteiger charge is -2.04. The summed E-state index contributed by atoms with van der Waals surface area (Å²) in [5.74, 6) is 0.911. The quantitative estimate of drug-likeness (QED) is 0.516. The van der Waals surface area contributed by atoms with Crippen molar-refractivity contribution in [3.63, 3.8) is 0 Å². The summed E-state index contributed by atoms with van der Waals surface area (Å²) in [7, 11) is 0. The molecular weight excluding hydrogens is 224 g/mol. The summed E-state index contributed by atoms with van der Waals surface area (Å²) >= 11 is 0. The Labute approximate surface area is 109 Å². The van der Waals surface area contributed by atoms with Gasteiger partial charge >= 0.3 is 5.97 Å². The van der Waals surface area contributed by atoms with Crippen LogP contribution in [-0.4, -0.2) is 12.6 Å². The maximum Gasteiger partial charge on any atom is 0.310 e. The maximum atomic E-state index is 11.5. The largest absolute Gasteiger partial charge is 0.465 e. The third kappa shape index (κ3) is 5.35. The fourth-order valence-corrected chi connectivity index (χ4v) is 2.12. The van der Waals surface area contributed by atoms with E-state index in [1.165, 1.54) is 32.1 Å². The Morgan fingerprint density at radius 1 is 1.11 bits per heavy atom. The number of rotatable bonds is 8. The summed E-state index contributed by atoms with van der Waals surface area (Å²) in [6.45, 7) is 0.580. The van der Waals surface area contributed by atoms with Crippen molar-refractivity contribution in [2.24, 2.45) is 5.92 Å². The number of esters is 1. The molecule has 2 nitrogen and oxygen atoms in total. The maximum absolute atomic E-state index is 11.5. The lowest BCUT2D eigenvalue weighted by Crippen LogP contribution is -2.08. The SMILES string of the molecule is O=C(Cc1ccccc1)OCCCCCC1CC1. The molecule has 1 aliphatic rings. The lowest BCUT2D eigenvalue weighted by molar-refractivity contribution is -0.142. The molecule has 1 aliphatic carbocycles. The van der Waals surface area contributed by atoms with E-state index in [1.54, 1.807) is 0 Å². The molecule has 18 heavy (non-hydrogen) atoms. The molecule has 0 aromatic heterocycles. The molecule has 2 rings (SSSR count). The van der Waals surface area contributed by atoms with Gasteiger partial charge in [-0.1, -0.05) is 62.4 Å². The molecule has 1 aromatic rings. The summed E-state index contributed by atoms with van der Waals surface area (Å²) in [4.78, 5) is 11.5. The smallest absolute Gasteiger partial charge is 0.310 e. The Balaban J connectivity index is 1.49. The van der Waals surface area contributed by atoms with E-state index in [0.717, 1.165) is 17.9 Å². The van der Waals surface area contributed by atoms with Gasteiger partial charge in [-0.2, -0.15) is 0 Å². The van der Waals surface area contributed by atoms with Crippen LogP contribution in [0.25, 0.3) is 0 Å². The summed E-state index contributed by atoms with van der Waals surface area (Å²) in [5.41, 5.74) is 1.02. The fraction of sp³-hybridized carbons (Fsp3) is 0.562. The molecule has 0 radical (unpaired) electrons. The minimum Gasteiger partial charge on any atom is -0.465 e. The highest BCUT2D eigenvalue weighted by atomic mass is 16.5. The summed E-state index contributed by atoms with van der Waals surface area (Å²) in [5, 5.41) is 0. The highest BCUT2D eigenvalue weighted by molar-refractivity contribution is 5.72. The zero-order chi connectivity index (χ0) is 12.6. The molecule has 1 fully saturated rings. The van der Waals surface area contributed by atoms with Crippen molar-refractivity contribution < 1.29 is 9.53 Å². The standard InChI is InChI=1S/C16H22O2/c17-16(13-15-8-3-1-4-9-15)18-12-6-2-5-7-14-10-11-14/h1,3-4,8-9,14H,2,5-7,10-13H2. The Kier molecular flexibility index (Phi) is 5.25. The van der Waals surface area contributed by atoms with Crippen LogP contribution in [0.5, 0.6) is 0 Å². The normalized spacial score (nSPS) is 14.4. The first-order chi connectivity index (χ1) is 8.84. The van der Waals surface area contributed by atoms with Crippen LogP contribution in [0.3, 0.4) is 0 Å². The van der Waals surface area contributed by atoms with Crippen molar-refractivity contribution in [2.45, 2.75) is 44.9 Å². The van der Waals surface area contributed by atoms with E-state index in [9.17, 15) is 4.79 Å². The van der Waals surface area contributed by atoms with E-state index in [1.807, 2.05) is 30.3 Å². The molecule has 0 amide bonds. The van der Waals surface area contributed by atoms with Gasteiger partial charge in [0.25, 0.3) is 0 Å². The number of benzene rings is 1. The number of unbranched alkanes of at least 4 members (excludes halogenated alkanes) is 2. The number of carbonyl (C=O) groups excluding carboxylic acids is 1. The van der Waals surface area contributed by atoms with Crippen molar-refractivity contribution >= 4 is 5.97 Å². The monoisotopic (exact) mass is 246 g/mol. The van der Waals surface area contributed by atoms with Crippen LogP contribution >= 0.6 is 0 Å². The molecule has 1 aromatic carbocycles. The van der Waals surface area contributed by atoms with Gasteiger partial charge in [-0.3, -0.25) is 4.79 Å². The number of ether oxygens (including phenoxy) is 1. The van der Waals surface area contributed by atoms with E-state index in [4.69, 9.17) is 4.74 Å². The summed E-state index contributed by atoms with van der Waals surface area (Å²) < 4.78 is 5.23. The van der Waals surface area contributed by atoms with E-state index in [0.29, 0.717) is 13.0 Å². The van der Waals surface area contributed by atoms with Crippen molar-refractivity contribution in [3.8, 4) is 0 Å². The Bertz CT molecular complexity index is 355. The van der Waals surface area contributed by atoms with E-state index in [-0.39, 0.29) is 5.97 Å². The Morgan fingerprint density at radius 3 is 2.61 bits per heavy atom. The van der Waals surface area contributed by atoms with Crippen LogP contribution in [0, 0.1) is 5.92 Å². The molecular formula is C16H22O2. The molecule has 0 aliphatic heterocycles. The van der Waals surface area contributed by atoms with Gasteiger partial charge in [-0.15, -0.1) is 0 Å². The predicted molar refractivity (Wildman–Crippen MR) is 72.3 cm³/mol. The van der Waals surface area contributed by atoms with Crippen molar-refractivity contribution in [1.82, 2.24) is 0 Å². The number of hydrogen-bond acceptors (Lipinski definition) is 2. The number of hydrogen-bond donors (Lipinski definition) is 0. The molecule has 0 heterocycles. The minimum atomic E-state index is -0.108. The van der Waals surface area contributed by atoms with Crippen LogP contribution in [0.1, 0.15) is 44.1 Å². The third-order valence-corrected chi connectivity index (χ3v) is 3.41. The van der Waals surface area contributed by atoms with Crippen LogP contribution < -0.4 is 0 Å². The van der Waals surface area contributed by atoms with Gasteiger partial charge in [-0.05, 0) is 17.9 Å². The van der Waals surface area contributed by atoms with E-state index >= 15 is 0 Å². The van der Waals surface area contributed by atoms with Gasteiger partial charge < -0.3 is 4.74 Å². The number of carbonyl (C=O) groups is 1. The molecule has 0 spiro atoms. The molecule has 0 unspecified atom stereocenters. The van der Waals surface area contributed by atoms with Crippen LogP contribution in [0.4, 0.5) is 0 Å². The van der Waals surface area contributed by atoms with Crippen LogP contribution in [0.2, 0.25) is 0 Å². The second-order valence-corrected chi connectivity index (χ2v) is 5.18. The zero-order valence-corrected chi connectivity index (χ0v) is 10.9. The molecule has 98 valence electrons. The summed E-state index contributed by atoms with van der Waals surface area (Å²) in [6, 6.07) is 9.75. The van der Waals surface area contributed by atoms with Gasteiger partial charge in [0.1, 0.15) is 0 Å². The average Bonchev–Trinajstić information content (AvgIpc) is 3.19. The zero-order valence-electron chi connectivity index (χ0n) is 10.9. The van der Waals surface area contributed by atoms with Crippen molar-refractivity contribution in [2.75, 3.05) is 6.61 Å². The first kappa shape index (κ1) is 13.1. The first-order valence-corrected chi connectivity index (χ1v) is 7.04. The van der Waals surface area contributed by atoms with Gasteiger partial charge in [0.05, 0.1) is 13.0 Å². The molecule has 0 atom stereocenters. The van der Waals surface area contributed by atoms with Gasteiger partial charge in [0.2, 0.25) is 0 Å². The van der Waals surface area contributed by atoms with Gasteiger partial charge in [0.15, 0.2) is 0 Å². The van der Waals surface area contributed by atoms with Crippen LogP contribution in [-0.2, 0) is 16.0 Å². The highest BCUT2D eigenvalue weighted by Crippen LogP contribution is 2.33. The topological polar surface area (TPSA) is 26.3 Å². The lowest BCUT2D eigenvalue weighted by atomic mass is 10.1. The van der Waals surface area contributed by atoms with Crippen molar-refractivity contribution in [3.05, 3.63) is 35.9 Å². The Morgan fingerprint density at radius 2 is 1.89 bits per heavy atom. The molecule has 0 N–H and O–H groups in total. The molecule has 2 heteroatoms. The van der Waals surface area contributed by atoms with Crippen molar-refractivity contribution in [1.29, 1.82) is 0 Å². The Hall–Kier alpha value is -1.31. The fourth-order valence-electron chi connectivity index (χ4n) is 2.12. The molecule has 0 saturated heterocycles.